The fraction of sp³-hybridized carbons (Fsp3) is 0.889. The highest BCUT2D eigenvalue weighted by Gasteiger charge is 2.39. The Labute approximate surface area is 83.3 Å². The van der Waals surface area contributed by atoms with Crippen molar-refractivity contribution >= 4 is 17.7 Å². The molecule has 1 rings (SSSR count). The summed E-state index contributed by atoms with van der Waals surface area (Å²) in [5.41, 5.74) is 0. The highest BCUT2D eigenvalue weighted by Crippen LogP contribution is 2.34. The van der Waals surface area contributed by atoms with Crippen molar-refractivity contribution < 1.29 is 9.90 Å². The molecule has 0 bridgehead atoms. The standard InChI is InChI=1S/C9H17NO2S/c1-2-7-13-9(8(11)12)3-5-10-6-4-9/h10H,2-7H2,1H3,(H,11,12). The minimum Gasteiger partial charge on any atom is -0.480 e. The number of carboxylic acids is 1. The summed E-state index contributed by atoms with van der Waals surface area (Å²) < 4.78 is -0.499. The van der Waals surface area contributed by atoms with E-state index in [9.17, 15) is 4.79 Å². The average Bonchev–Trinajstić information content (AvgIpc) is 2.16. The van der Waals surface area contributed by atoms with Gasteiger partial charge in [0.15, 0.2) is 0 Å². The SMILES string of the molecule is CCCSC1(C(=O)O)CCNCC1. The van der Waals surface area contributed by atoms with E-state index >= 15 is 0 Å². The van der Waals surface area contributed by atoms with Crippen LogP contribution in [0.2, 0.25) is 0 Å². The predicted molar refractivity (Wildman–Crippen MR) is 55.2 cm³/mol. The Morgan fingerprint density at radius 1 is 1.54 bits per heavy atom. The van der Waals surface area contributed by atoms with Gasteiger partial charge in [0.05, 0.1) is 0 Å². The van der Waals surface area contributed by atoms with Crippen LogP contribution in [-0.2, 0) is 4.79 Å². The van der Waals surface area contributed by atoms with Gasteiger partial charge in [-0.1, -0.05) is 6.92 Å². The van der Waals surface area contributed by atoms with Crippen LogP contribution in [0.15, 0.2) is 0 Å². The van der Waals surface area contributed by atoms with Crippen LogP contribution >= 0.6 is 11.8 Å². The molecule has 0 aliphatic carbocycles. The second kappa shape index (κ2) is 4.86. The third-order valence-electron chi connectivity index (χ3n) is 2.38. The van der Waals surface area contributed by atoms with Gasteiger partial charge in [-0.25, -0.2) is 0 Å². The number of thioether (sulfide) groups is 1. The lowest BCUT2D eigenvalue weighted by Crippen LogP contribution is -2.45. The lowest BCUT2D eigenvalue weighted by Gasteiger charge is -2.32. The molecule has 0 aromatic heterocycles. The summed E-state index contributed by atoms with van der Waals surface area (Å²) in [5.74, 6) is 0.319. The van der Waals surface area contributed by atoms with E-state index < -0.39 is 10.7 Å². The van der Waals surface area contributed by atoms with Gasteiger partial charge in [-0.3, -0.25) is 4.79 Å². The normalized spacial score (nSPS) is 21.3. The highest BCUT2D eigenvalue weighted by atomic mass is 32.2. The molecule has 4 heteroatoms. The van der Waals surface area contributed by atoms with Crippen LogP contribution in [0.3, 0.4) is 0 Å². The van der Waals surface area contributed by atoms with Crippen LogP contribution in [0, 0.1) is 0 Å². The van der Waals surface area contributed by atoms with Crippen molar-refractivity contribution in [2.24, 2.45) is 0 Å². The van der Waals surface area contributed by atoms with E-state index in [0.717, 1.165) is 38.1 Å². The Balaban J connectivity index is 2.56. The number of carbonyl (C=O) groups is 1. The van der Waals surface area contributed by atoms with Crippen molar-refractivity contribution in [3.8, 4) is 0 Å². The second-order valence-electron chi connectivity index (χ2n) is 3.40. The first-order valence-electron chi connectivity index (χ1n) is 4.79. The Morgan fingerprint density at radius 3 is 2.62 bits per heavy atom. The maximum Gasteiger partial charge on any atom is 0.319 e. The van der Waals surface area contributed by atoms with Crippen LogP contribution in [0.5, 0.6) is 0 Å². The highest BCUT2D eigenvalue weighted by molar-refractivity contribution is 8.01. The average molecular weight is 203 g/mol. The molecule has 0 amide bonds. The van der Waals surface area contributed by atoms with E-state index in [0.29, 0.717) is 0 Å². The zero-order valence-corrected chi connectivity index (χ0v) is 8.82. The molecule has 0 aromatic carbocycles. The van der Waals surface area contributed by atoms with Crippen molar-refractivity contribution in [1.29, 1.82) is 0 Å². The number of hydrogen-bond acceptors (Lipinski definition) is 3. The summed E-state index contributed by atoms with van der Waals surface area (Å²) in [6, 6.07) is 0. The minimum absolute atomic E-state index is 0.499. The van der Waals surface area contributed by atoms with E-state index in [4.69, 9.17) is 5.11 Å². The van der Waals surface area contributed by atoms with Gasteiger partial charge in [0.25, 0.3) is 0 Å². The molecule has 3 nitrogen and oxygen atoms in total. The molecule has 1 aliphatic heterocycles. The molecule has 0 spiro atoms. The van der Waals surface area contributed by atoms with E-state index in [-0.39, 0.29) is 0 Å². The van der Waals surface area contributed by atoms with Crippen molar-refractivity contribution in [1.82, 2.24) is 5.32 Å². The number of aliphatic carboxylic acids is 1. The number of nitrogens with one attached hydrogen (secondary N) is 1. The summed E-state index contributed by atoms with van der Waals surface area (Å²) >= 11 is 1.61. The largest absolute Gasteiger partial charge is 0.480 e. The fourth-order valence-electron chi connectivity index (χ4n) is 1.55. The molecule has 1 saturated heterocycles. The Bertz CT molecular complexity index is 178. The number of rotatable bonds is 4. The first-order valence-corrected chi connectivity index (χ1v) is 5.78. The fourth-order valence-corrected chi connectivity index (χ4v) is 2.76. The lowest BCUT2D eigenvalue weighted by atomic mass is 9.97. The Kier molecular flexibility index (Phi) is 4.06. The van der Waals surface area contributed by atoms with Gasteiger partial charge in [-0.2, -0.15) is 0 Å². The molecule has 1 heterocycles. The Morgan fingerprint density at radius 2 is 2.15 bits per heavy atom. The van der Waals surface area contributed by atoms with Crippen LogP contribution in [-0.4, -0.2) is 34.7 Å². The smallest absolute Gasteiger partial charge is 0.319 e. The maximum atomic E-state index is 11.1. The molecule has 1 aliphatic rings. The minimum atomic E-state index is -0.632. The van der Waals surface area contributed by atoms with Gasteiger partial charge in [0.2, 0.25) is 0 Å². The quantitative estimate of drug-likeness (QED) is 0.724. The zero-order chi connectivity index (χ0) is 9.73. The van der Waals surface area contributed by atoms with Crippen LogP contribution in [0.25, 0.3) is 0 Å². The monoisotopic (exact) mass is 203 g/mol. The second-order valence-corrected chi connectivity index (χ2v) is 4.88. The molecule has 0 aromatic rings. The first-order chi connectivity index (χ1) is 6.21. The van der Waals surface area contributed by atoms with Crippen molar-refractivity contribution in [3.63, 3.8) is 0 Å². The van der Waals surface area contributed by atoms with Gasteiger partial charge in [0, 0.05) is 0 Å². The third kappa shape index (κ3) is 2.61. The predicted octanol–water partition coefficient (Wildman–Crippen LogP) is 1.34. The van der Waals surface area contributed by atoms with Gasteiger partial charge >= 0.3 is 5.97 Å². The maximum absolute atomic E-state index is 11.1. The van der Waals surface area contributed by atoms with Gasteiger partial charge < -0.3 is 10.4 Å². The van der Waals surface area contributed by atoms with E-state index in [1.165, 1.54) is 0 Å². The summed E-state index contributed by atoms with van der Waals surface area (Å²) in [6.07, 6.45) is 2.56. The van der Waals surface area contributed by atoms with E-state index in [1.807, 2.05) is 0 Å². The molecule has 13 heavy (non-hydrogen) atoms. The van der Waals surface area contributed by atoms with Crippen LogP contribution < -0.4 is 5.32 Å². The summed E-state index contributed by atoms with van der Waals surface area (Å²) in [6.45, 7) is 3.76. The molecule has 2 N–H and O–H groups in total. The van der Waals surface area contributed by atoms with Gasteiger partial charge in [-0.05, 0) is 38.1 Å². The lowest BCUT2D eigenvalue weighted by molar-refractivity contribution is -0.140. The topological polar surface area (TPSA) is 49.3 Å². The third-order valence-corrected chi connectivity index (χ3v) is 4.13. The van der Waals surface area contributed by atoms with Crippen molar-refractivity contribution in [2.45, 2.75) is 30.9 Å². The van der Waals surface area contributed by atoms with Gasteiger partial charge in [-0.15, -0.1) is 11.8 Å². The molecule has 0 unspecified atom stereocenters. The molecule has 76 valence electrons. The number of hydrogen-bond donors (Lipinski definition) is 2. The molecule has 0 atom stereocenters. The van der Waals surface area contributed by atoms with Crippen molar-refractivity contribution in [2.75, 3.05) is 18.8 Å². The Hall–Kier alpha value is -0.220. The molecule has 1 fully saturated rings. The molecular weight excluding hydrogens is 186 g/mol. The van der Waals surface area contributed by atoms with E-state index in [2.05, 4.69) is 12.2 Å². The summed E-state index contributed by atoms with van der Waals surface area (Å²) in [7, 11) is 0. The summed E-state index contributed by atoms with van der Waals surface area (Å²) in [5, 5.41) is 12.4. The molecule has 0 radical (unpaired) electrons. The van der Waals surface area contributed by atoms with Gasteiger partial charge in [0.1, 0.15) is 4.75 Å². The van der Waals surface area contributed by atoms with Crippen molar-refractivity contribution in [3.05, 3.63) is 0 Å². The van der Waals surface area contributed by atoms with E-state index in [1.54, 1.807) is 11.8 Å². The number of piperidine rings is 1. The number of carboxylic acid groups (broad SMARTS) is 1. The summed E-state index contributed by atoms with van der Waals surface area (Å²) in [4.78, 5) is 11.1. The van der Waals surface area contributed by atoms with Crippen LogP contribution in [0.1, 0.15) is 26.2 Å². The zero-order valence-electron chi connectivity index (χ0n) is 8.01. The van der Waals surface area contributed by atoms with Crippen LogP contribution in [0.4, 0.5) is 0 Å². The molecular formula is C9H17NO2S. The molecule has 0 saturated carbocycles. The first kappa shape index (κ1) is 10.9.